The Kier molecular flexibility index (Phi) is 8.37. The molecule has 3 rings (SSSR count). The molecule has 37 heavy (non-hydrogen) atoms. The summed E-state index contributed by atoms with van der Waals surface area (Å²) >= 11 is 0. The number of halogens is 6. The van der Waals surface area contributed by atoms with Gasteiger partial charge in [0, 0.05) is 18.9 Å². The van der Waals surface area contributed by atoms with Gasteiger partial charge in [0.2, 0.25) is 0 Å². The first-order valence-corrected chi connectivity index (χ1v) is 11.5. The molecule has 0 aliphatic heterocycles. The van der Waals surface area contributed by atoms with Crippen LogP contribution in [-0.2, 0) is 29.1 Å². The molecule has 0 saturated heterocycles. The molecule has 0 spiro atoms. The summed E-state index contributed by atoms with van der Waals surface area (Å²) in [5, 5.41) is 0. The molecule has 0 aromatic heterocycles. The van der Waals surface area contributed by atoms with E-state index in [0.29, 0.717) is 24.2 Å². The van der Waals surface area contributed by atoms with Crippen molar-refractivity contribution in [3.8, 4) is 0 Å². The van der Waals surface area contributed by atoms with Crippen LogP contribution < -0.4 is 0 Å². The number of nitrogens with zero attached hydrogens (tertiary/aromatic N) is 1. The largest absolute Gasteiger partial charge is 0.450 e. The molecule has 9 heteroatoms. The van der Waals surface area contributed by atoms with E-state index in [9.17, 15) is 31.1 Å². The monoisotopic (exact) mass is 523 g/mol. The number of carbonyl (C=O) groups is 1. The van der Waals surface area contributed by atoms with Crippen molar-refractivity contribution in [3.63, 3.8) is 0 Å². The zero-order valence-corrected chi connectivity index (χ0v) is 20.5. The second kappa shape index (κ2) is 11.0. The molecule has 0 unspecified atom stereocenters. The maximum absolute atomic E-state index is 13.4. The highest BCUT2D eigenvalue weighted by molar-refractivity contribution is 5.90. The van der Waals surface area contributed by atoms with Crippen molar-refractivity contribution >= 4 is 5.97 Å². The van der Waals surface area contributed by atoms with Crippen LogP contribution in [0.1, 0.15) is 39.5 Å². The van der Waals surface area contributed by atoms with E-state index in [1.807, 2.05) is 44.1 Å². The van der Waals surface area contributed by atoms with Crippen molar-refractivity contribution in [3.05, 3.63) is 107 Å². The molecule has 0 N–H and O–H groups in total. The van der Waals surface area contributed by atoms with Crippen molar-refractivity contribution in [2.45, 2.75) is 31.3 Å². The summed E-state index contributed by atoms with van der Waals surface area (Å²) in [6.07, 6.45) is -10.0. The van der Waals surface area contributed by atoms with Crippen molar-refractivity contribution in [1.29, 1.82) is 0 Å². The average molecular weight is 524 g/mol. The summed E-state index contributed by atoms with van der Waals surface area (Å²) in [7, 11) is 3.64. The Morgan fingerprint density at radius 1 is 0.784 bits per heavy atom. The van der Waals surface area contributed by atoms with Gasteiger partial charge in [-0.15, -0.1) is 0 Å². The van der Waals surface area contributed by atoms with Gasteiger partial charge in [-0.3, -0.25) is 0 Å². The molecule has 0 radical (unpaired) electrons. The van der Waals surface area contributed by atoms with E-state index in [1.165, 1.54) is 0 Å². The Morgan fingerprint density at radius 3 is 1.73 bits per heavy atom. The summed E-state index contributed by atoms with van der Waals surface area (Å²) in [6, 6.07) is 18.5. The van der Waals surface area contributed by atoms with E-state index < -0.39 is 46.5 Å². The van der Waals surface area contributed by atoms with Crippen LogP contribution in [0.25, 0.3) is 0 Å². The van der Waals surface area contributed by atoms with Crippen molar-refractivity contribution < 1.29 is 35.9 Å². The third-order valence-corrected chi connectivity index (χ3v) is 6.11. The highest BCUT2D eigenvalue weighted by Gasteiger charge is 2.44. The number of hydrogen-bond donors (Lipinski definition) is 0. The Balaban J connectivity index is 2.18. The number of ether oxygens (including phenoxy) is 1. The molecule has 2 atom stereocenters. The summed E-state index contributed by atoms with van der Waals surface area (Å²) in [6.45, 7) is 2.25. The van der Waals surface area contributed by atoms with Crippen molar-refractivity contribution in [1.82, 2.24) is 4.90 Å². The van der Waals surface area contributed by atoms with Crippen LogP contribution >= 0.6 is 0 Å². The Labute approximate surface area is 211 Å². The number of carbonyl (C=O) groups excluding carboxylic acids is 1. The van der Waals surface area contributed by atoms with Crippen LogP contribution in [0.15, 0.2) is 78.9 Å². The lowest BCUT2D eigenvalue weighted by Crippen LogP contribution is -2.45. The molecule has 0 fully saturated rings. The minimum absolute atomic E-state index is 0.0140. The normalized spacial score (nSPS) is 14.8. The summed E-state index contributed by atoms with van der Waals surface area (Å²) in [4.78, 5) is 15.3. The van der Waals surface area contributed by atoms with Crippen LogP contribution in [0.2, 0.25) is 0 Å². The molecule has 0 heterocycles. The minimum Gasteiger partial charge on any atom is -0.450 e. The zero-order chi connectivity index (χ0) is 27.4. The van der Waals surface area contributed by atoms with Gasteiger partial charge in [0.1, 0.15) is 5.60 Å². The quantitative estimate of drug-likeness (QED) is 0.231. The Bertz CT molecular complexity index is 1160. The predicted molar refractivity (Wildman–Crippen MR) is 128 cm³/mol. The summed E-state index contributed by atoms with van der Waals surface area (Å²) in [5.41, 5.74) is -4.02. The first-order chi connectivity index (χ1) is 17.2. The molecule has 198 valence electrons. The van der Waals surface area contributed by atoms with E-state index in [4.69, 9.17) is 4.74 Å². The maximum atomic E-state index is 13.4. The first kappa shape index (κ1) is 28.2. The van der Waals surface area contributed by atoms with Crippen LogP contribution in [0.5, 0.6) is 0 Å². The Morgan fingerprint density at radius 2 is 1.27 bits per heavy atom. The third-order valence-electron chi connectivity index (χ3n) is 6.11. The fourth-order valence-corrected chi connectivity index (χ4v) is 4.37. The van der Waals surface area contributed by atoms with E-state index in [2.05, 4.69) is 0 Å². The zero-order valence-electron chi connectivity index (χ0n) is 20.5. The lowest BCUT2D eigenvalue weighted by molar-refractivity contribution is -0.143. The molecular formula is C28H27F6NO2. The highest BCUT2D eigenvalue weighted by Crippen LogP contribution is 2.40. The van der Waals surface area contributed by atoms with Gasteiger partial charge in [-0.2, -0.15) is 26.3 Å². The molecule has 0 bridgehead atoms. The van der Waals surface area contributed by atoms with E-state index in [0.717, 1.165) is 5.56 Å². The second-order valence-corrected chi connectivity index (χ2v) is 9.27. The second-order valence-electron chi connectivity index (χ2n) is 9.27. The van der Waals surface area contributed by atoms with Gasteiger partial charge in [0.15, 0.2) is 0 Å². The van der Waals surface area contributed by atoms with Gasteiger partial charge in [0.25, 0.3) is 0 Å². The van der Waals surface area contributed by atoms with Gasteiger partial charge >= 0.3 is 18.3 Å². The molecule has 0 saturated carbocycles. The first-order valence-electron chi connectivity index (χ1n) is 11.5. The van der Waals surface area contributed by atoms with Crippen LogP contribution in [-0.4, -0.2) is 31.5 Å². The van der Waals surface area contributed by atoms with Gasteiger partial charge in [-0.25, -0.2) is 4.79 Å². The predicted octanol–water partition coefficient (Wildman–Crippen LogP) is 7.22. The van der Waals surface area contributed by atoms with Crippen LogP contribution in [0.4, 0.5) is 26.3 Å². The number of hydrogen-bond acceptors (Lipinski definition) is 3. The number of alkyl halides is 6. The lowest BCUT2D eigenvalue weighted by Gasteiger charge is -2.40. The van der Waals surface area contributed by atoms with Crippen molar-refractivity contribution in [2.24, 2.45) is 5.92 Å². The van der Waals surface area contributed by atoms with Crippen molar-refractivity contribution in [2.75, 3.05) is 20.6 Å². The van der Waals surface area contributed by atoms with Gasteiger partial charge in [-0.05, 0) is 43.4 Å². The van der Waals surface area contributed by atoms with Gasteiger partial charge < -0.3 is 9.64 Å². The van der Waals surface area contributed by atoms with Gasteiger partial charge in [0.05, 0.1) is 16.7 Å². The van der Waals surface area contributed by atoms with E-state index in [-0.39, 0.29) is 12.5 Å². The average Bonchev–Trinajstić information content (AvgIpc) is 2.83. The molecule has 0 amide bonds. The fraction of sp³-hybridized carbons (Fsp3) is 0.321. The highest BCUT2D eigenvalue weighted by atomic mass is 19.4. The molecule has 3 nitrogen and oxygen atoms in total. The standard InChI is InChI=1S/C28H27F6NO2/c1-19(18-35(2)3)26(22-12-8-5-9-13-22,17-20-10-6-4-7-11-20)37-25(36)21-14-23(27(29,30)31)16-24(15-21)28(32,33)34/h4-16,19H,17-18H2,1-3H3/t19-,26+/m1/s1. The van der Waals surface area contributed by atoms with E-state index in [1.54, 1.807) is 42.5 Å². The maximum Gasteiger partial charge on any atom is 0.416 e. The molecule has 0 aliphatic carbocycles. The number of benzene rings is 3. The third kappa shape index (κ3) is 6.91. The SMILES string of the molecule is C[C@H](CN(C)C)[C@](Cc1ccccc1)(OC(=O)c1cc(C(F)(F)F)cc(C(F)(F)F)c1)c1ccccc1. The summed E-state index contributed by atoms with van der Waals surface area (Å²) in [5.74, 6) is -1.68. The summed E-state index contributed by atoms with van der Waals surface area (Å²) < 4.78 is 86.6. The number of rotatable bonds is 8. The van der Waals surface area contributed by atoms with E-state index >= 15 is 0 Å². The Hall–Kier alpha value is -3.33. The minimum atomic E-state index is -5.09. The smallest absolute Gasteiger partial charge is 0.416 e. The fourth-order valence-electron chi connectivity index (χ4n) is 4.37. The number of esters is 1. The molecule has 3 aromatic carbocycles. The lowest BCUT2D eigenvalue weighted by atomic mass is 9.77. The topological polar surface area (TPSA) is 29.5 Å². The van der Waals surface area contributed by atoms with Crippen LogP contribution in [0.3, 0.4) is 0 Å². The van der Waals surface area contributed by atoms with Gasteiger partial charge in [-0.1, -0.05) is 67.6 Å². The molecular weight excluding hydrogens is 496 g/mol. The van der Waals surface area contributed by atoms with Crippen LogP contribution in [0, 0.1) is 5.92 Å². The molecule has 3 aromatic rings. The molecule has 0 aliphatic rings.